The number of likely N-dealkylation sites (N-methyl/N-ethyl adjacent to an activating group) is 1. The molecule has 1 aromatic heterocycles. The quantitative estimate of drug-likeness (QED) is 0.830. The van der Waals surface area contributed by atoms with Gasteiger partial charge in [-0.3, -0.25) is 4.90 Å². The van der Waals surface area contributed by atoms with Crippen molar-refractivity contribution in [3.05, 3.63) is 24.2 Å². The summed E-state index contributed by atoms with van der Waals surface area (Å²) in [4.78, 5) is 2.34. The second-order valence-electron chi connectivity index (χ2n) is 4.84. The SMILES string of the molecule is CN(Cc1ccco1)C(CN)C1CCCC1. The van der Waals surface area contributed by atoms with Crippen molar-refractivity contribution in [3.63, 3.8) is 0 Å². The summed E-state index contributed by atoms with van der Waals surface area (Å²) in [6, 6.07) is 4.47. The summed E-state index contributed by atoms with van der Waals surface area (Å²) in [6.07, 6.45) is 7.15. The molecule has 0 amide bonds. The molecule has 16 heavy (non-hydrogen) atoms. The molecule has 0 spiro atoms. The van der Waals surface area contributed by atoms with Crippen LogP contribution < -0.4 is 5.73 Å². The Morgan fingerprint density at radius 1 is 1.50 bits per heavy atom. The first-order valence-electron chi connectivity index (χ1n) is 6.24. The molecule has 3 nitrogen and oxygen atoms in total. The normalized spacial score (nSPS) is 19.4. The summed E-state index contributed by atoms with van der Waals surface area (Å²) < 4.78 is 5.38. The van der Waals surface area contributed by atoms with Crippen molar-refractivity contribution in [2.75, 3.05) is 13.6 Å². The molecule has 1 fully saturated rings. The van der Waals surface area contributed by atoms with E-state index in [0.717, 1.165) is 24.8 Å². The molecule has 0 aliphatic heterocycles. The summed E-state index contributed by atoms with van der Waals surface area (Å²) >= 11 is 0. The van der Waals surface area contributed by atoms with Crippen LogP contribution in [0.1, 0.15) is 31.4 Å². The fraction of sp³-hybridized carbons (Fsp3) is 0.692. The second kappa shape index (κ2) is 5.51. The van der Waals surface area contributed by atoms with Crippen molar-refractivity contribution < 1.29 is 4.42 Å². The summed E-state index contributed by atoms with van der Waals surface area (Å²) in [7, 11) is 2.15. The van der Waals surface area contributed by atoms with Gasteiger partial charge < -0.3 is 10.2 Å². The van der Waals surface area contributed by atoms with E-state index in [0.29, 0.717) is 6.04 Å². The largest absolute Gasteiger partial charge is 0.468 e. The molecule has 1 aliphatic carbocycles. The van der Waals surface area contributed by atoms with Gasteiger partial charge in [-0.1, -0.05) is 12.8 Å². The van der Waals surface area contributed by atoms with Gasteiger partial charge in [-0.05, 0) is 37.9 Å². The lowest BCUT2D eigenvalue weighted by Crippen LogP contribution is -2.42. The van der Waals surface area contributed by atoms with E-state index in [1.807, 2.05) is 12.1 Å². The Balaban J connectivity index is 1.92. The van der Waals surface area contributed by atoms with E-state index in [2.05, 4.69) is 11.9 Å². The number of rotatable bonds is 5. The second-order valence-corrected chi connectivity index (χ2v) is 4.84. The molecule has 1 aliphatic rings. The molecule has 1 aromatic rings. The molecule has 0 saturated heterocycles. The summed E-state index contributed by atoms with van der Waals surface area (Å²) in [5, 5.41) is 0. The Kier molecular flexibility index (Phi) is 4.02. The van der Waals surface area contributed by atoms with Crippen LogP contribution in [-0.4, -0.2) is 24.5 Å². The van der Waals surface area contributed by atoms with Gasteiger partial charge in [0, 0.05) is 12.6 Å². The Morgan fingerprint density at radius 2 is 2.25 bits per heavy atom. The summed E-state index contributed by atoms with van der Waals surface area (Å²) in [6.45, 7) is 1.62. The molecular weight excluding hydrogens is 200 g/mol. The van der Waals surface area contributed by atoms with Crippen molar-refractivity contribution in [2.45, 2.75) is 38.3 Å². The van der Waals surface area contributed by atoms with Gasteiger partial charge in [-0.2, -0.15) is 0 Å². The molecule has 90 valence electrons. The maximum Gasteiger partial charge on any atom is 0.117 e. The molecule has 2 rings (SSSR count). The maximum absolute atomic E-state index is 5.91. The van der Waals surface area contributed by atoms with E-state index >= 15 is 0 Å². The Bertz CT molecular complexity index is 291. The van der Waals surface area contributed by atoms with Crippen molar-refractivity contribution >= 4 is 0 Å². The van der Waals surface area contributed by atoms with Gasteiger partial charge in [0.1, 0.15) is 5.76 Å². The highest BCUT2D eigenvalue weighted by molar-refractivity contribution is 4.98. The van der Waals surface area contributed by atoms with Crippen LogP contribution in [0.2, 0.25) is 0 Å². The van der Waals surface area contributed by atoms with E-state index in [9.17, 15) is 0 Å². The van der Waals surface area contributed by atoms with Crippen LogP contribution in [0.4, 0.5) is 0 Å². The third-order valence-corrected chi connectivity index (χ3v) is 3.74. The van der Waals surface area contributed by atoms with Crippen LogP contribution in [0.3, 0.4) is 0 Å². The van der Waals surface area contributed by atoms with Crippen molar-refractivity contribution in [2.24, 2.45) is 11.7 Å². The maximum atomic E-state index is 5.91. The third-order valence-electron chi connectivity index (χ3n) is 3.74. The van der Waals surface area contributed by atoms with Gasteiger partial charge >= 0.3 is 0 Å². The van der Waals surface area contributed by atoms with E-state index in [1.54, 1.807) is 6.26 Å². The summed E-state index contributed by atoms with van der Waals surface area (Å²) in [5.41, 5.74) is 5.91. The summed E-state index contributed by atoms with van der Waals surface area (Å²) in [5.74, 6) is 1.81. The zero-order chi connectivity index (χ0) is 11.4. The van der Waals surface area contributed by atoms with Gasteiger partial charge in [0.2, 0.25) is 0 Å². The van der Waals surface area contributed by atoms with Gasteiger partial charge in [0.25, 0.3) is 0 Å². The Labute approximate surface area is 97.6 Å². The van der Waals surface area contributed by atoms with E-state index in [-0.39, 0.29) is 0 Å². The highest BCUT2D eigenvalue weighted by Gasteiger charge is 2.27. The predicted molar refractivity (Wildman–Crippen MR) is 65.0 cm³/mol. The Morgan fingerprint density at radius 3 is 2.81 bits per heavy atom. The predicted octanol–water partition coefficient (Wildman–Crippen LogP) is 2.23. The number of furan rings is 1. The molecular formula is C13H22N2O. The molecule has 0 bridgehead atoms. The lowest BCUT2D eigenvalue weighted by molar-refractivity contribution is 0.163. The zero-order valence-electron chi connectivity index (χ0n) is 10.1. The fourth-order valence-electron chi connectivity index (χ4n) is 2.84. The topological polar surface area (TPSA) is 42.4 Å². The molecule has 1 atom stereocenters. The van der Waals surface area contributed by atoms with Gasteiger partial charge in [-0.25, -0.2) is 0 Å². The number of nitrogens with two attached hydrogens (primary N) is 1. The van der Waals surface area contributed by atoms with Gasteiger partial charge in [0.15, 0.2) is 0 Å². The fourth-order valence-corrected chi connectivity index (χ4v) is 2.84. The minimum Gasteiger partial charge on any atom is -0.468 e. The van der Waals surface area contributed by atoms with Crippen LogP contribution in [-0.2, 0) is 6.54 Å². The average molecular weight is 222 g/mol. The van der Waals surface area contributed by atoms with Crippen LogP contribution in [0.25, 0.3) is 0 Å². The minimum atomic E-state index is 0.507. The smallest absolute Gasteiger partial charge is 0.117 e. The van der Waals surface area contributed by atoms with Crippen molar-refractivity contribution in [3.8, 4) is 0 Å². The number of hydrogen-bond donors (Lipinski definition) is 1. The molecule has 2 N–H and O–H groups in total. The number of hydrogen-bond acceptors (Lipinski definition) is 3. The minimum absolute atomic E-state index is 0.507. The lowest BCUT2D eigenvalue weighted by Gasteiger charge is -2.31. The lowest BCUT2D eigenvalue weighted by atomic mass is 9.97. The van der Waals surface area contributed by atoms with Crippen molar-refractivity contribution in [1.82, 2.24) is 4.90 Å². The highest BCUT2D eigenvalue weighted by Crippen LogP contribution is 2.30. The van der Waals surface area contributed by atoms with Gasteiger partial charge in [-0.15, -0.1) is 0 Å². The van der Waals surface area contributed by atoms with Crippen LogP contribution >= 0.6 is 0 Å². The number of nitrogens with zero attached hydrogens (tertiary/aromatic N) is 1. The molecule has 1 unspecified atom stereocenters. The highest BCUT2D eigenvalue weighted by atomic mass is 16.3. The van der Waals surface area contributed by atoms with Crippen LogP contribution in [0.5, 0.6) is 0 Å². The Hall–Kier alpha value is -0.800. The van der Waals surface area contributed by atoms with E-state index < -0.39 is 0 Å². The third kappa shape index (κ3) is 2.66. The average Bonchev–Trinajstić information content (AvgIpc) is 2.91. The van der Waals surface area contributed by atoms with Crippen LogP contribution in [0.15, 0.2) is 22.8 Å². The molecule has 1 saturated carbocycles. The first kappa shape index (κ1) is 11.7. The van der Waals surface area contributed by atoms with Crippen molar-refractivity contribution in [1.29, 1.82) is 0 Å². The standard InChI is InChI=1S/C13H22N2O/c1-15(10-12-7-4-8-16-12)13(9-14)11-5-2-3-6-11/h4,7-8,11,13H,2-3,5-6,9-10,14H2,1H3. The first-order valence-corrected chi connectivity index (χ1v) is 6.24. The van der Waals surface area contributed by atoms with Gasteiger partial charge in [0.05, 0.1) is 12.8 Å². The van der Waals surface area contributed by atoms with Crippen LogP contribution in [0, 0.1) is 5.92 Å². The molecule has 0 radical (unpaired) electrons. The molecule has 0 aromatic carbocycles. The molecule has 3 heteroatoms. The van der Waals surface area contributed by atoms with E-state index in [4.69, 9.17) is 10.2 Å². The first-order chi connectivity index (χ1) is 7.81. The zero-order valence-corrected chi connectivity index (χ0v) is 10.1. The van der Waals surface area contributed by atoms with E-state index in [1.165, 1.54) is 25.7 Å². The molecule has 1 heterocycles. The monoisotopic (exact) mass is 222 g/mol.